The molecule has 3 aliphatic heterocycles. The average molecular weight is 437 g/mol. The van der Waals surface area contributed by atoms with Gasteiger partial charge < -0.3 is 20.9 Å². The minimum absolute atomic E-state index is 0.0173. The summed E-state index contributed by atoms with van der Waals surface area (Å²) >= 11 is 1.72. The third-order valence-electron chi connectivity index (χ3n) is 8.27. The second-order valence-corrected chi connectivity index (χ2v) is 12.0. The predicted octanol–water partition coefficient (Wildman–Crippen LogP) is 2.19. The SMILES string of the molecule is CC1CC2C(CN1)CC(C1CC(NC(=O)C3SC(C)NC3C)CCC1C)C(=O)N2C. The third kappa shape index (κ3) is 4.40. The maximum absolute atomic E-state index is 13.4. The lowest BCUT2D eigenvalue weighted by atomic mass is 9.65. The van der Waals surface area contributed by atoms with Gasteiger partial charge >= 0.3 is 0 Å². The minimum atomic E-state index is -0.0173. The number of carbonyl (C=O) groups excluding carboxylic acids is 2. The number of carbonyl (C=O) groups is 2. The Morgan fingerprint density at radius 3 is 2.60 bits per heavy atom. The van der Waals surface area contributed by atoms with Crippen molar-refractivity contribution >= 4 is 23.6 Å². The number of fused-ring (bicyclic) bond motifs is 1. The van der Waals surface area contributed by atoms with Gasteiger partial charge in [-0.2, -0.15) is 0 Å². The van der Waals surface area contributed by atoms with E-state index in [9.17, 15) is 9.59 Å². The monoisotopic (exact) mass is 436 g/mol. The summed E-state index contributed by atoms with van der Waals surface area (Å²) in [6, 6.07) is 1.27. The Hall–Kier alpha value is -0.790. The van der Waals surface area contributed by atoms with Crippen molar-refractivity contribution in [3.8, 4) is 0 Å². The van der Waals surface area contributed by atoms with E-state index in [0.29, 0.717) is 41.1 Å². The Kier molecular flexibility index (Phi) is 6.71. The van der Waals surface area contributed by atoms with E-state index in [1.165, 1.54) is 0 Å². The highest BCUT2D eigenvalue weighted by Gasteiger charge is 2.47. The first kappa shape index (κ1) is 22.4. The molecule has 4 rings (SSSR count). The Bertz CT molecular complexity index is 661. The summed E-state index contributed by atoms with van der Waals surface area (Å²) in [5, 5.41) is 10.7. The number of nitrogens with one attached hydrogen (secondary N) is 3. The van der Waals surface area contributed by atoms with Gasteiger partial charge in [0, 0.05) is 43.7 Å². The van der Waals surface area contributed by atoms with Crippen molar-refractivity contribution in [1.82, 2.24) is 20.9 Å². The van der Waals surface area contributed by atoms with Crippen molar-refractivity contribution in [3.63, 3.8) is 0 Å². The molecule has 30 heavy (non-hydrogen) atoms. The lowest BCUT2D eigenvalue weighted by molar-refractivity contribution is -0.148. The molecule has 3 heterocycles. The maximum atomic E-state index is 13.4. The van der Waals surface area contributed by atoms with Crippen LogP contribution in [0.15, 0.2) is 0 Å². The third-order valence-corrected chi connectivity index (χ3v) is 9.73. The van der Waals surface area contributed by atoms with Gasteiger partial charge in [-0.05, 0) is 70.6 Å². The van der Waals surface area contributed by atoms with E-state index >= 15 is 0 Å². The normalized spacial score (nSPS) is 47.1. The molecule has 10 unspecified atom stereocenters. The van der Waals surface area contributed by atoms with Crippen LogP contribution in [0, 0.1) is 23.7 Å². The number of hydrogen-bond donors (Lipinski definition) is 3. The van der Waals surface area contributed by atoms with Crippen LogP contribution in [0.5, 0.6) is 0 Å². The molecule has 3 saturated heterocycles. The highest BCUT2D eigenvalue weighted by molar-refractivity contribution is 8.01. The van der Waals surface area contributed by atoms with E-state index in [0.717, 1.165) is 38.6 Å². The van der Waals surface area contributed by atoms with Gasteiger partial charge in [0.1, 0.15) is 5.25 Å². The van der Waals surface area contributed by atoms with Gasteiger partial charge in [-0.25, -0.2) is 0 Å². The van der Waals surface area contributed by atoms with Crippen molar-refractivity contribution in [3.05, 3.63) is 0 Å². The van der Waals surface area contributed by atoms with Crippen LogP contribution < -0.4 is 16.0 Å². The molecule has 2 amide bonds. The molecule has 1 aliphatic carbocycles. The number of thioether (sulfide) groups is 1. The summed E-state index contributed by atoms with van der Waals surface area (Å²) in [5.41, 5.74) is 0. The van der Waals surface area contributed by atoms with Crippen molar-refractivity contribution < 1.29 is 9.59 Å². The lowest BCUT2D eigenvalue weighted by Crippen LogP contribution is -2.60. The molecule has 3 N–H and O–H groups in total. The molecule has 0 aromatic rings. The molecule has 0 aromatic heterocycles. The van der Waals surface area contributed by atoms with Gasteiger partial charge in [0.2, 0.25) is 11.8 Å². The summed E-state index contributed by atoms with van der Waals surface area (Å²) in [5.74, 6) is 2.06. The van der Waals surface area contributed by atoms with E-state index in [2.05, 4.69) is 48.5 Å². The Labute approximate surface area is 186 Å². The smallest absolute Gasteiger partial charge is 0.234 e. The van der Waals surface area contributed by atoms with Crippen LogP contribution in [0.4, 0.5) is 0 Å². The van der Waals surface area contributed by atoms with E-state index in [1.807, 2.05) is 7.05 Å². The minimum Gasteiger partial charge on any atom is -0.352 e. The highest BCUT2D eigenvalue weighted by atomic mass is 32.2. The maximum Gasteiger partial charge on any atom is 0.234 e. The first-order valence-corrected chi connectivity index (χ1v) is 12.9. The Morgan fingerprint density at radius 2 is 1.90 bits per heavy atom. The van der Waals surface area contributed by atoms with E-state index < -0.39 is 0 Å². The van der Waals surface area contributed by atoms with Crippen LogP contribution in [0.2, 0.25) is 0 Å². The number of rotatable bonds is 3. The molecule has 0 spiro atoms. The summed E-state index contributed by atoms with van der Waals surface area (Å²) in [7, 11) is 2.02. The first-order valence-electron chi connectivity index (χ1n) is 12.0. The molecular weight excluding hydrogens is 396 g/mol. The van der Waals surface area contributed by atoms with Gasteiger partial charge in [0.15, 0.2) is 0 Å². The van der Waals surface area contributed by atoms with Crippen LogP contribution in [0.1, 0.15) is 59.8 Å². The number of nitrogens with zero attached hydrogens (tertiary/aromatic N) is 1. The molecule has 1 saturated carbocycles. The number of amides is 2. The van der Waals surface area contributed by atoms with E-state index in [-0.39, 0.29) is 29.2 Å². The number of hydrogen-bond acceptors (Lipinski definition) is 5. The van der Waals surface area contributed by atoms with Crippen LogP contribution in [-0.2, 0) is 9.59 Å². The molecule has 0 bridgehead atoms. The van der Waals surface area contributed by atoms with Crippen LogP contribution in [0.25, 0.3) is 0 Å². The van der Waals surface area contributed by atoms with Crippen molar-refractivity contribution in [2.75, 3.05) is 13.6 Å². The molecule has 0 radical (unpaired) electrons. The molecule has 170 valence electrons. The van der Waals surface area contributed by atoms with Crippen LogP contribution in [-0.4, -0.2) is 65.1 Å². The fraction of sp³-hybridized carbons (Fsp3) is 0.913. The van der Waals surface area contributed by atoms with Gasteiger partial charge in [0.25, 0.3) is 0 Å². The van der Waals surface area contributed by atoms with Crippen molar-refractivity contribution in [2.45, 2.75) is 94.6 Å². The van der Waals surface area contributed by atoms with E-state index in [4.69, 9.17) is 0 Å². The lowest BCUT2D eigenvalue weighted by Gasteiger charge is -2.50. The number of piperidine rings is 2. The van der Waals surface area contributed by atoms with Crippen molar-refractivity contribution in [1.29, 1.82) is 0 Å². The van der Waals surface area contributed by atoms with Crippen LogP contribution >= 0.6 is 11.8 Å². The molecule has 7 heteroatoms. The summed E-state index contributed by atoms with van der Waals surface area (Å²) in [4.78, 5) is 28.3. The predicted molar refractivity (Wildman–Crippen MR) is 122 cm³/mol. The molecular formula is C23H40N4O2S. The summed E-state index contributed by atoms with van der Waals surface area (Å²) < 4.78 is 0. The Morgan fingerprint density at radius 1 is 1.13 bits per heavy atom. The topological polar surface area (TPSA) is 73.5 Å². The van der Waals surface area contributed by atoms with E-state index in [1.54, 1.807) is 11.8 Å². The highest BCUT2D eigenvalue weighted by Crippen LogP contribution is 2.43. The second kappa shape index (κ2) is 8.99. The molecule has 4 fully saturated rings. The second-order valence-electron chi connectivity index (χ2n) is 10.5. The fourth-order valence-corrected chi connectivity index (χ4v) is 7.75. The zero-order valence-electron chi connectivity index (χ0n) is 19.2. The quantitative estimate of drug-likeness (QED) is 0.633. The van der Waals surface area contributed by atoms with Gasteiger partial charge in [0.05, 0.1) is 5.37 Å². The molecule has 10 atom stereocenters. The number of likely N-dealkylation sites (tertiary alicyclic amines) is 1. The molecule has 6 nitrogen and oxygen atoms in total. The van der Waals surface area contributed by atoms with Crippen molar-refractivity contribution in [2.24, 2.45) is 23.7 Å². The van der Waals surface area contributed by atoms with Gasteiger partial charge in [-0.1, -0.05) is 6.92 Å². The van der Waals surface area contributed by atoms with Gasteiger partial charge in [-0.15, -0.1) is 11.8 Å². The zero-order chi connectivity index (χ0) is 21.6. The largest absolute Gasteiger partial charge is 0.352 e. The van der Waals surface area contributed by atoms with Crippen LogP contribution in [0.3, 0.4) is 0 Å². The summed E-state index contributed by atoms with van der Waals surface area (Å²) in [6.07, 6.45) is 5.12. The zero-order valence-corrected chi connectivity index (χ0v) is 20.0. The fourth-order valence-electron chi connectivity index (χ4n) is 6.51. The molecule has 4 aliphatic rings. The average Bonchev–Trinajstić information content (AvgIpc) is 3.05. The molecule has 0 aromatic carbocycles. The van der Waals surface area contributed by atoms with Gasteiger partial charge in [-0.3, -0.25) is 9.59 Å². The summed E-state index contributed by atoms with van der Waals surface area (Å²) in [6.45, 7) is 9.76. The Balaban J connectivity index is 1.41. The standard InChI is InChI=1S/C23H40N4O2S/c1-12-6-7-17(26-22(28)21-14(3)25-15(4)30-21)10-18(12)19-9-16-11-24-13(2)8-20(16)27(5)23(19)29/h12-21,24-25H,6-11H2,1-5H3,(H,26,28). The first-order chi connectivity index (χ1) is 14.2.